The van der Waals surface area contributed by atoms with E-state index in [0.717, 1.165) is 6.07 Å². The fourth-order valence-electron chi connectivity index (χ4n) is 2.29. The van der Waals surface area contributed by atoms with E-state index in [-0.39, 0.29) is 36.3 Å². The predicted molar refractivity (Wildman–Crippen MR) is 89.6 cm³/mol. The number of nitrogens with one attached hydrogen (secondary N) is 2. The first kappa shape index (κ1) is 17.0. The fourth-order valence-corrected chi connectivity index (χ4v) is 2.54. The van der Waals surface area contributed by atoms with Crippen molar-refractivity contribution in [3.63, 3.8) is 0 Å². The first-order valence-corrected chi connectivity index (χ1v) is 7.84. The lowest BCUT2D eigenvalue weighted by Crippen LogP contribution is -2.28. The van der Waals surface area contributed by atoms with E-state index in [9.17, 15) is 14.0 Å². The van der Waals surface area contributed by atoms with Gasteiger partial charge in [-0.25, -0.2) is 4.39 Å². The normalized spacial score (nSPS) is 11.9. The maximum atomic E-state index is 13.6. The Morgan fingerprint density at radius 2 is 1.96 bits per heavy atom. The van der Waals surface area contributed by atoms with Gasteiger partial charge in [0.1, 0.15) is 5.82 Å². The molecule has 25 heavy (non-hydrogen) atoms. The van der Waals surface area contributed by atoms with E-state index >= 15 is 0 Å². The Labute approximate surface area is 147 Å². The number of halogens is 2. The summed E-state index contributed by atoms with van der Waals surface area (Å²) in [5.74, 6) is -0.514. The standard InChI is InChI=1S/C17H14ClFN2O4/c18-11-2-1-3-12(19)16(11)17(23)20-7-6-15(22)21-10-4-5-13-14(8-10)25-9-24-13/h1-5,8H,6-7,9H2,(H,20,23)(H,21,22). The van der Waals surface area contributed by atoms with Crippen LogP contribution in [0.1, 0.15) is 16.8 Å². The zero-order chi connectivity index (χ0) is 17.8. The van der Waals surface area contributed by atoms with Gasteiger partial charge in [-0.3, -0.25) is 9.59 Å². The molecule has 1 aliphatic heterocycles. The van der Waals surface area contributed by atoms with Gasteiger partial charge in [0.05, 0.1) is 10.6 Å². The summed E-state index contributed by atoms with van der Waals surface area (Å²) in [4.78, 5) is 23.9. The Balaban J connectivity index is 1.50. The highest BCUT2D eigenvalue weighted by atomic mass is 35.5. The van der Waals surface area contributed by atoms with Crippen molar-refractivity contribution in [2.45, 2.75) is 6.42 Å². The third kappa shape index (κ3) is 4.00. The van der Waals surface area contributed by atoms with E-state index < -0.39 is 11.7 Å². The molecule has 1 heterocycles. The van der Waals surface area contributed by atoms with Crippen LogP contribution in [0.4, 0.5) is 10.1 Å². The summed E-state index contributed by atoms with van der Waals surface area (Å²) in [5.41, 5.74) is 0.318. The van der Waals surface area contributed by atoms with Crippen LogP contribution in [-0.2, 0) is 4.79 Å². The molecule has 2 aromatic rings. The zero-order valence-electron chi connectivity index (χ0n) is 13.0. The van der Waals surface area contributed by atoms with Gasteiger partial charge in [0.25, 0.3) is 5.91 Å². The van der Waals surface area contributed by atoms with Gasteiger partial charge in [0.2, 0.25) is 12.7 Å². The molecule has 8 heteroatoms. The summed E-state index contributed by atoms with van der Waals surface area (Å²) >= 11 is 5.82. The SMILES string of the molecule is O=C(CCNC(=O)c1c(F)cccc1Cl)Nc1ccc2c(c1)OCO2. The molecule has 130 valence electrons. The van der Waals surface area contributed by atoms with Gasteiger partial charge in [-0.15, -0.1) is 0 Å². The second kappa shape index (κ2) is 7.40. The molecule has 0 aromatic heterocycles. The lowest BCUT2D eigenvalue weighted by molar-refractivity contribution is -0.116. The van der Waals surface area contributed by atoms with Crippen molar-refractivity contribution in [1.82, 2.24) is 5.32 Å². The smallest absolute Gasteiger partial charge is 0.255 e. The van der Waals surface area contributed by atoms with E-state index in [0.29, 0.717) is 17.2 Å². The number of hydrogen-bond acceptors (Lipinski definition) is 4. The fraction of sp³-hybridized carbons (Fsp3) is 0.176. The van der Waals surface area contributed by atoms with Crippen LogP contribution < -0.4 is 20.1 Å². The molecule has 0 spiro atoms. The van der Waals surface area contributed by atoms with E-state index in [2.05, 4.69) is 10.6 Å². The first-order chi connectivity index (χ1) is 12.0. The number of ether oxygens (including phenoxy) is 2. The lowest BCUT2D eigenvalue weighted by Gasteiger charge is -2.09. The molecule has 0 fully saturated rings. The number of rotatable bonds is 5. The second-order valence-corrected chi connectivity index (χ2v) is 5.63. The van der Waals surface area contributed by atoms with Crippen molar-refractivity contribution in [3.05, 3.63) is 52.8 Å². The molecule has 0 unspecified atom stereocenters. The average molecular weight is 365 g/mol. The van der Waals surface area contributed by atoms with Crippen molar-refractivity contribution in [3.8, 4) is 11.5 Å². The quantitative estimate of drug-likeness (QED) is 0.855. The minimum absolute atomic E-state index is 0.0160. The molecule has 2 aromatic carbocycles. The Kier molecular flexibility index (Phi) is 5.04. The Morgan fingerprint density at radius 3 is 2.76 bits per heavy atom. The van der Waals surface area contributed by atoms with Crippen LogP contribution in [0.2, 0.25) is 5.02 Å². The minimum Gasteiger partial charge on any atom is -0.454 e. The van der Waals surface area contributed by atoms with Crippen LogP contribution in [0, 0.1) is 5.82 Å². The summed E-state index contributed by atoms with van der Waals surface area (Å²) in [6.07, 6.45) is 0.0201. The number of amides is 2. The monoisotopic (exact) mass is 364 g/mol. The molecule has 2 N–H and O–H groups in total. The molecule has 0 saturated heterocycles. The number of hydrogen-bond donors (Lipinski definition) is 2. The highest BCUT2D eigenvalue weighted by Gasteiger charge is 2.16. The van der Waals surface area contributed by atoms with E-state index in [1.165, 1.54) is 12.1 Å². The number of benzene rings is 2. The summed E-state index contributed by atoms with van der Waals surface area (Å²) in [6, 6.07) is 9.01. The van der Waals surface area contributed by atoms with Crippen molar-refractivity contribution in [2.24, 2.45) is 0 Å². The second-order valence-electron chi connectivity index (χ2n) is 5.22. The van der Waals surface area contributed by atoms with Gasteiger partial charge in [-0.1, -0.05) is 17.7 Å². The molecule has 1 aliphatic rings. The maximum Gasteiger partial charge on any atom is 0.255 e. The molecule has 0 atom stereocenters. The summed E-state index contributed by atoms with van der Waals surface area (Å²) in [6.45, 7) is 0.192. The van der Waals surface area contributed by atoms with Gasteiger partial charge in [0.15, 0.2) is 11.5 Å². The molecule has 3 rings (SSSR count). The van der Waals surface area contributed by atoms with Crippen LogP contribution in [0.5, 0.6) is 11.5 Å². The van der Waals surface area contributed by atoms with Gasteiger partial charge in [-0.2, -0.15) is 0 Å². The molecule has 6 nitrogen and oxygen atoms in total. The Bertz CT molecular complexity index is 808. The van der Waals surface area contributed by atoms with Crippen LogP contribution in [0.15, 0.2) is 36.4 Å². The van der Waals surface area contributed by atoms with Crippen molar-refractivity contribution in [2.75, 3.05) is 18.7 Å². The molecular weight excluding hydrogens is 351 g/mol. The topological polar surface area (TPSA) is 76.7 Å². The average Bonchev–Trinajstić information content (AvgIpc) is 3.02. The molecule has 0 bridgehead atoms. The molecule has 0 aliphatic carbocycles. The van der Waals surface area contributed by atoms with E-state index in [1.807, 2.05) is 0 Å². The third-order valence-corrected chi connectivity index (χ3v) is 3.80. The molecular formula is C17H14ClFN2O4. The minimum atomic E-state index is -0.713. The number of carbonyl (C=O) groups excluding carboxylic acids is 2. The highest BCUT2D eigenvalue weighted by molar-refractivity contribution is 6.33. The van der Waals surface area contributed by atoms with Gasteiger partial charge in [0, 0.05) is 24.7 Å². The molecule has 0 radical (unpaired) electrons. The predicted octanol–water partition coefficient (Wildman–Crippen LogP) is 2.97. The van der Waals surface area contributed by atoms with E-state index in [1.54, 1.807) is 18.2 Å². The zero-order valence-corrected chi connectivity index (χ0v) is 13.7. The number of anilines is 1. The maximum absolute atomic E-state index is 13.6. The number of fused-ring (bicyclic) bond motifs is 1. The molecule has 2 amide bonds. The Hall–Kier alpha value is -2.80. The van der Waals surface area contributed by atoms with Crippen LogP contribution in [0.25, 0.3) is 0 Å². The lowest BCUT2D eigenvalue weighted by atomic mass is 10.2. The number of carbonyl (C=O) groups is 2. The van der Waals surface area contributed by atoms with Crippen molar-refractivity contribution >= 4 is 29.1 Å². The third-order valence-electron chi connectivity index (χ3n) is 3.48. The Morgan fingerprint density at radius 1 is 1.16 bits per heavy atom. The first-order valence-electron chi connectivity index (χ1n) is 7.46. The van der Waals surface area contributed by atoms with Crippen LogP contribution in [0.3, 0.4) is 0 Å². The van der Waals surface area contributed by atoms with Crippen LogP contribution in [-0.4, -0.2) is 25.2 Å². The van der Waals surface area contributed by atoms with Crippen molar-refractivity contribution in [1.29, 1.82) is 0 Å². The van der Waals surface area contributed by atoms with Gasteiger partial charge in [-0.05, 0) is 24.3 Å². The van der Waals surface area contributed by atoms with Crippen molar-refractivity contribution < 1.29 is 23.5 Å². The van der Waals surface area contributed by atoms with Gasteiger partial charge >= 0.3 is 0 Å². The summed E-state index contributed by atoms with van der Waals surface area (Å²) in [5, 5.41) is 5.17. The summed E-state index contributed by atoms with van der Waals surface area (Å²) in [7, 11) is 0. The largest absolute Gasteiger partial charge is 0.454 e. The highest BCUT2D eigenvalue weighted by Crippen LogP contribution is 2.34. The molecule has 0 saturated carbocycles. The van der Waals surface area contributed by atoms with E-state index in [4.69, 9.17) is 21.1 Å². The summed E-state index contributed by atoms with van der Waals surface area (Å²) < 4.78 is 24.1. The van der Waals surface area contributed by atoms with Crippen LogP contribution >= 0.6 is 11.6 Å². The van der Waals surface area contributed by atoms with Gasteiger partial charge < -0.3 is 20.1 Å².